The van der Waals surface area contributed by atoms with Gasteiger partial charge in [-0.15, -0.1) is 11.8 Å². The van der Waals surface area contributed by atoms with Gasteiger partial charge in [0.1, 0.15) is 24.1 Å². The highest BCUT2D eigenvalue weighted by Crippen LogP contribution is 2.36. The summed E-state index contributed by atoms with van der Waals surface area (Å²) in [7, 11) is 1.30. The molecule has 0 fully saturated rings. The van der Waals surface area contributed by atoms with E-state index in [0.717, 1.165) is 39.4 Å². The quantitative estimate of drug-likeness (QED) is 0.396. The molecule has 0 spiro atoms. The Bertz CT molecular complexity index is 1200. The molecule has 0 aliphatic carbocycles. The summed E-state index contributed by atoms with van der Waals surface area (Å²) in [4.78, 5) is 25.1. The Morgan fingerprint density at radius 2 is 1.94 bits per heavy atom. The second-order valence-corrected chi connectivity index (χ2v) is 8.95. The molecule has 4 rings (SSSR count). The summed E-state index contributed by atoms with van der Waals surface area (Å²) in [5.41, 5.74) is 3.04. The van der Waals surface area contributed by atoms with Crippen LogP contribution in [0.2, 0.25) is 0 Å². The summed E-state index contributed by atoms with van der Waals surface area (Å²) in [5, 5.41) is 0. The van der Waals surface area contributed by atoms with E-state index in [9.17, 15) is 18.0 Å². The van der Waals surface area contributed by atoms with E-state index < -0.39 is 17.6 Å². The number of carbonyl (C=O) groups excluding carboxylic acids is 1. The van der Waals surface area contributed by atoms with Crippen LogP contribution < -0.4 is 14.5 Å². The first-order valence-electron chi connectivity index (χ1n) is 10.4. The summed E-state index contributed by atoms with van der Waals surface area (Å²) in [6, 6.07) is 10.9. The fraction of sp³-hybridized carbons (Fsp3) is 0.292. The largest absolute Gasteiger partial charge is 0.422 e. The Balaban J connectivity index is 1.74. The van der Waals surface area contributed by atoms with Crippen LogP contribution in [0.1, 0.15) is 34.2 Å². The third kappa shape index (κ3) is 4.55. The Hall–Kier alpha value is -3.07. The molecule has 5 nitrogen and oxygen atoms in total. The molecule has 1 aliphatic heterocycles. The SMILES string of the molecule is CCSc1cc(-c2ccc(C)cc2)cnc1C(=O)N1CCc2c1cc(C(F)(F)F)c[n+]2OC. The molecule has 1 aliphatic rings. The fourth-order valence-corrected chi connectivity index (χ4v) is 4.62. The lowest BCUT2D eigenvalue weighted by molar-refractivity contribution is -0.890. The van der Waals surface area contributed by atoms with Crippen molar-refractivity contribution in [3.8, 4) is 11.1 Å². The maximum absolute atomic E-state index is 13.5. The molecule has 3 heterocycles. The van der Waals surface area contributed by atoms with Crippen molar-refractivity contribution in [2.24, 2.45) is 0 Å². The zero-order chi connectivity index (χ0) is 23.8. The minimum Gasteiger partial charge on any atom is -0.301 e. The number of aromatic nitrogens is 2. The number of amides is 1. The molecule has 0 saturated heterocycles. The molecule has 0 atom stereocenters. The van der Waals surface area contributed by atoms with Crippen molar-refractivity contribution < 1.29 is 27.5 Å². The smallest absolute Gasteiger partial charge is 0.301 e. The van der Waals surface area contributed by atoms with Gasteiger partial charge in [-0.25, -0.2) is 4.98 Å². The molecule has 0 saturated carbocycles. The van der Waals surface area contributed by atoms with E-state index in [0.29, 0.717) is 17.0 Å². The summed E-state index contributed by atoms with van der Waals surface area (Å²) in [6.45, 7) is 4.23. The monoisotopic (exact) mass is 474 g/mol. The van der Waals surface area contributed by atoms with Crippen LogP contribution in [-0.4, -0.2) is 30.3 Å². The number of rotatable bonds is 5. The predicted octanol–water partition coefficient (Wildman–Crippen LogP) is 4.74. The molecule has 33 heavy (non-hydrogen) atoms. The van der Waals surface area contributed by atoms with Gasteiger partial charge >= 0.3 is 6.18 Å². The van der Waals surface area contributed by atoms with Crippen LogP contribution in [0.4, 0.5) is 18.9 Å². The summed E-state index contributed by atoms with van der Waals surface area (Å²) in [5.74, 6) is 0.291. The van der Waals surface area contributed by atoms with Crippen molar-refractivity contribution in [3.05, 3.63) is 71.3 Å². The fourth-order valence-electron chi connectivity index (χ4n) is 3.83. The molecule has 0 N–H and O–H groups in total. The molecule has 1 amide bonds. The van der Waals surface area contributed by atoms with Gasteiger partial charge in [0.05, 0.1) is 6.42 Å². The average Bonchev–Trinajstić information content (AvgIpc) is 3.22. The van der Waals surface area contributed by atoms with Gasteiger partial charge in [-0.3, -0.25) is 9.63 Å². The van der Waals surface area contributed by atoms with Crippen molar-refractivity contribution in [1.82, 2.24) is 4.98 Å². The molecule has 2 aromatic heterocycles. The zero-order valence-corrected chi connectivity index (χ0v) is 19.3. The van der Waals surface area contributed by atoms with Crippen LogP contribution in [0.5, 0.6) is 0 Å². The minimum atomic E-state index is -4.57. The number of thioether (sulfide) groups is 1. The molecule has 0 bridgehead atoms. The number of pyridine rings is 2. The molecular weight excluding hydrogens is 451 g/mol. The number of hydrogen-bond acceptors (Lipinski definition) is 4. The Kier molecular flexibility index (Phi) is 6.34. The van der Waals surface area contributed by atoms with Gasteiger partial charge < -0.3 is 4.90 Å². The average molecular weight is 475 g/mol. The van der Waals surface area contributed by atoms with Crippen molar-refractivity contribution in [2.75, 3.05) is 24.3 Å². The third-order valence-electron chi connectivity index (χ3n) is 5.48. The molecule has 0 unspecified atom stereocenters. The van der Waals surface area contributed by atoms with Gasteiger partial charge in [0.2, 0.25) is 6.20 Å². The highest BCUT2D eigenvalue weighted by atomic mass is 32.2. The van der Waals surface area contributed by atoms with E-state index in [1.807, 2.05) is 44.2 Å². The van der Waals surface area contributed by atoms with Crippen molar-refractivity contribution in [2.45, 2.75) is 31.3 Å². The van der Waals surface area contributed by atoms with Crippen LogP contribution in [0.25, 0.3) is 11.1 Å². The summed E-state index contributed by atoms with van der Waals surface area (Å²) < 4.78 is 41.4. The lowest BCUT2D eigenvalue weighted by Crippen LogP contribution is -2.45. The highest BCUT2D eigenvalue weighted by Gasteiger charge is 2.41. The van der Waals surface area contributed by atoms with Crippen molar-refractivity contribution in [1.29, 1.82) is 0 Å². The molecule has 1 aromatic carbocycles. The number of hydrogen-bond donors (Lipinski definition) is 0. The number of benzene rings is 1. The van der Waals surface area contributed by atoms with Crippen LogP contribution in [0.3, 0.4) is 0 Å². The molecule has 9 heteroatoms. The maximum atomic E-state index is 13.5. The predicted molar refractivity (Wildman–Crippen MR) is 120 cm³/mol. The first-order valence-corrected chi connectivity index (χ1v) is 11.4. The summed E-state index contributed by atoms with van der Waals surface area (Å²) in [6.07, 6.45) is -1.65. The molecule has 0 radical (unpaired) electrons. The normalized spacial score (nSPS) is 13.2. The third-order valence-corrected chi connectivity index (χ3v) is 6.39. The Labute approximate surface area is 194 Å². The second kappa shape index (κ2) is 9.05. The Morgan fingerprint density at radius 1 is 1.21 bits per heavy atom. The van der Waals surface area contributed by atoms with Gasteiger partial charge in [0, 0.05) is 27.9 Å². The number of anilines is 1. The van der Waals surface area contributed by atoms with E-state index >= 15 is 0 Å². The van der Waals surface area contributed by atoms with Gasteiger partial charge in [-0.1, -0.05) is 36.8 Å². The van der Waals surface area contributed by atoms with Crippen LogP contribution in [0, 0.1) is 6.92 Å². The minimum absolute atomic E-state index is 0.188. The number of halogens is 3. The van der Waals surface area contributed by atoms with Gasteiger partial charge in [0.15, 0.2) is 0 Å². The van der Waals surface area contributed by atoms with Crippen LogP contribution >= 0.6 is 11.8 Å². The van der Waals surface area contributed by atoms with E-state index in [4.69, 9.17) is 4.84 Å². The van der Waals surface area contributed by atoms with Crippen LogP contribution in [-0.2, 0) is 12.6 Å². The number of nitrogens with zero attached hydrogens (tertiary/aromatic N) is 3. The molecular formula is C24H23F3N3O2S+. The van der Waals surface area contributed by atoms with Gasteiger partial charge in [-0.05, 0) is 30.4 Å². The number of carbonyl (C=O) groups is 1. The first kappa shape index (κ1) is 23.1. The zero-order valence-electron chi connectivity index (χ0n) is 18.4. The number of fused-ring (bicyclic) bond motifs is 1. The van der Waals surface area contributed by atoms with E-state index in [2.05, 4.69) is 4.98 Å². The van der Waals surface area contributed by atoms with E-state index in [-0.39, 0.29) is 17.9 Å². The molecule has 3 aromatic rings. The highest BCUT2D eigenvalue weighted by molar-refractivity contribution is 7.99. The number of alkyl halides is 3. The Morgan fingerprint density at radius 3 is 2.58 bits per heavy atom. The lowest BCUT2D eigenvalue weighted by Gasteiger charge is -2.18. The van der Waals surface area contributed by atoms with Crippen LogP contribution in [0.15, 0.2) is 53.7 Å². The van der Waals surface area contributed by atoms with Crippen molar-refractivity contribution in [3.63, 3.8) is 0 Å². The molecule has 172 valence electrons. The van der Waals surface area contributed by atoms with E-state index in [1.54, 1.807) is 6.20 Å². The summed E-state index contributed by atoms with van der Waals surface area (Å²) >= 11 is 1.48. The maximum Gasteiger partial charge on any atom is 0.422 e. The van der Waals surface area contributed by atoms with Gasteiger partial charge in [0.25, 0.3) is 11.6 Å². The topological polar surface area (TPSA) is 46.3 Å². The standard InChI is InChI=1S/C24H23F3N3O2S/c1-4-33-21-11-17(16-7-5-15(2)6-8-16)13-28-22(21)23(31)29-10-9-19-20(29)12-18(24(25,26)27)14-30(19)32-3/h5-8,11-14H,4,9-10H2,1-3H3/q+1. The lowest BCUT2D eigenvalue weighted by atomic mass is 10.1. The van der Waals surface area contributed by atoms with Crippen molar-refractivity contribution >= 4 is 23.4 Å². The first-order chi connectivity index (χ1) is 15.7. The van der Waals surface area contributed by atoms with Gasteiger partial charge in [-0.2, -0.15) is 13.2 Å². The second-order valence-electron chi connectivity index (χ2n) is 7.64. The number of aryl methyl sites for hydroxylation is 1. The van der Waals surface area contributed by atoms with E-state index in [1.165, 1.54) is 23.8 Å².